The number of nitrogens with zero attached hydrogens (tertiary/aromatic N) is 5. The van der Waals surface area contributed by atoms with Crippen LogP contribution in [0.3, 0.4) is 0 Å². The number of fused-ring (bicyclic) bond motifs is 2. The van der Waals surface area contributed by atoms with Gasteiger partial charge in [0.25, 0.3) is 0 Å². The van der Waals surface area contributed by atoms with E-state index in [4.69, 9.17) is 9.72 Å². The van der Waals surface area contributed by atoms with E-state index >= 15 is 0 Å². The van der Waals surface area contributed by atoms with Gasteiger partial charge in [-0.3, -0.25) is 0 Å². The van der Waals surface area contributed by atoms with Gasteiger partial charge in [0.15, 0.2) is 0 Å². The van der Waals surface area contributed by atoms with E-state index in [0.717, 1.165) is 57.8 Å². The summed E-state index contributed by atoms with van der Waals surface area (Å²) >= 11 is 0. The Balaban J connectivity index is 1.31. The number of likely N-dealkylation sites (tertiary alicyclic amines) is 1. The van der Waals surface area contributed by atoms with Crippen molar-refractivity contribution in [1.82, 2.24) is 23.6 Å². The summed E-state index contributed by atoms with van der Waals surface area (Å²) in [5.74, 6) is 0.871. The highest BCUT2D eigenvalue weighted by Gasteiger charge is 2.26. The Labute approximate surface area is 188 Å². The normalized spacial score (nSPS) is 16.6. The maximum Gasteiger partial charge on any atom is 0.354 e. The quantitative estimate of drug-likeness (QED) is 0.579. The Morgan fingerprint density at radius 2 is 1.91 bits per heavy atom. The first-order valence-corrected chi connectivity index (χ1v) is 11.6. The molecule has 0 unspecified atom stereocenters. The summed E-state index contributed by atoms with van der Waals surface area (Å²) in [6.45, 7) is 6.98. The van der Waals surface area contributed by atoms with E-state index in [0.29, 0.717) is 12.3 Å². The van der Waals surface area contributed by atoms with Gasteiger partial charge < -0.3 is 23.3 Å². The lowest BCUT2D eigenvalue weighted by molar-refractivity contribution is 0.0513. The van der Waals surface area contributed by atoms with Crippen LogP contribution in [0.5, 0.6) is 0 Å². The van der Waals surface area contributed by atoms with Crippen molar-refractivity contribution >= 4 is 11.5 Å². The molecule has 2 aliphatic rings. The first-order chi connectivity index (χ1) is 15.7. The van der Waals surface area contributed by atoms with Gasteiger partial charge in [-0.25, -0.2) is 9.78 Å². The molecule has 7 heteroatoms. The molecule has 168 valence electrons. The number of ether oxygens (including phenoxy) is 1. The number of carbonyl (C=O) groups excluding carboxylic acids is 1. The summed E-state index contributed by atoms with van der Waals surface area (Å²) in [7, 11) is 2.14. The SMILES string of the molecule is CCOC(=O)c1cccn1CCN1CCC(=C2c3ccn(C)c3CCn3ccnc32)CC1. The van der Waals surface area contributed by atoms with Crippen molar-refractivity contribution in [2.45, 2.75) is 39.3 Å². The van der Waals surface area contributed by atoms with Crippen molar-refractivity contribution in [3.05, 3.63) is 71.3 Å². The first-order valence-electron chi connectivity index (χ1n) is 11.6. The number of aromatic nitrogens is 4. The van der Waals surface area contributed by atoms with E-state index in [1.165, 1.54) is 22.4 Å². The fourth-order valence-electron chi connectivity index (χ4n) is 5.06. The highest BCUT2D eigenvalue weighted by atomic mass is 16.5. The summed E-state index contributed by atoms with van der Waals surface area (Å²) in [4.78, 5) is 19.4. The monoisotopic (exact) mass is 433 g/mol. The van der Waals surface area contributed by atoms with Crippen LogP contribution in [-0.2, 0) is 31.3 Å². The van der Waals surface area contributed by atoms with Gasteiger partial charge >= 0.3 is 5.97 Å². The summed E-state index contributed by atoms with van der Waals surface area (Å²) in [5, 5.41) is 0. The number of hydrogen-bond acceptors (Lipinski definition) is 4. The molecule has 5 heterocycles. The number of carbonyl (C=O) groups is 1. The van der Waals surface area contributed by atoms with E-state index in [9.17, 15) is 4.79 Å². The summed E-state index contributed by atoms with van der Waals surface area (Å²) < 4.78 is 11.7. The van der Waals surface area contributed by atoms with Gasteiger partial charge in [-0.15, -0.1) is 0 Å². The number of esters is 1. The van der Waals surface area contributed by atoms with Gasteiger partial charge in [0, 0.05) is 87.8 Å². The minimum absolute atomic E-state index is 0.245. The number of hydrogen-bond donors (Lipinski definition) is 0. The second kappa shape index (κ2) is 8.82. The van der Waals surface area contributed by atoms with E-state index < -0.39 is 0 Å². The smallest absolute Gasteiger partial charge is 0.354 e. The van der Waals surface area contributed by atoms with Gasteiger partial charge in [-0.1, -0.05) is 5.57 Å². The fourth-order valence-corrected chi connectivity index (χ4v) is 5.06. The molecule has 1 fully saturated rings. The van der Waals surface area contributed by atoms with Crippen LogP contribution in [0, 0.1) is 0 Å². The Hall–Kier alpha value is -3.06. The molecule has 32 heavy (non-hydrogen) atoms. The second-order valence-electron chi connectivity index (χ2n) is 8.61. The minimum atomic E-state index is -0.245. The molecule has 2 aliphatic heterocycles. The largest absolute Gasteiger partial charge is 0.461 e. The van der Waals surface area contributed by atoms with Gasteiger partial charge in [0.05, 0.1) is 6.61 Å². The maximum absolute atomic E-state index is 12.1. The Morgan fingerprint density at radius 1 is 1.06 bits per heavy atom. The summed E-state index contributed by atoms with van der Waals surface area (Å²) in [6.07, 6.45) is 11.3. The van der Waals surface area contributed by atoms with Crippen LogP contribution in [0.15, 0.2) is 48.6 Å². The second-order valence-corrected chi connectivity index (χ2v) is 8.61. The molecule has 0 amide bonds. The van der Waals surface area contributed by atoms with Crippen molar-refractivity contribution in [1.29, 1.82) is 0 Å². The predicted molar refractivity (Wildman–Crippen MR) is 123 cm³/mol. The average Bonchev–Trinajstić information content (AvgIpc) is 3.52. The van der Waals surface area contributed by atoms with Crippen LogP contribution in [0.4, 0.5) is 0 Å². The lowest BCUT2D eigenvalue weighted by Crippen LogP contribution is -2.34. The molecule has 1 saturated heterocycles. The molecular formula is C25H31N5O2. The van der Waals surface area contributed by atoms with E-state index in [2.05, 4.69) is 39.5 Å². The molecule has 3 aromatic heterocycles. The lowest BCUT2D eigenvalue weighted by atomic mass is 9.92. The fraction of sp³-hybridized carbons (Fsp3) is 0.440. The van der Waals surface area contributed by atoms with Gasteiger partial charge in [0.2, 0.25) is 0 Å². The summed E-state index contributed by atoms with van der Waals surface area (Å²) in [5.41, 5.74) is 6.24. The number of piperidine rings is 1. The topological polar surface area (TPSA) is 57.2 Å². The molecule has 0 saturated carbocycles. The first kappa shape index (κ1) is 20.8. The highest BCUT2D eigenvalue weighted by molar-refractivity contribution is 5.87. The standard InChI is InChI=1S/C25H31N5O2/c1-3-32-25(31)22-5-4-11-29(22)18-17-28-13-6-19(7-14-28)23-20-8-12-27(2)21(20)9-15-30-16-10-26-24(23)30/h4-5,8,10-12,16H,3,6-7,9,13-15,17-18H2,1-2H3. The molecule has 0 aliphatic carbocycles. The minimum Gasteiger partial charge on any atom is -0.461 e. The molecule has 0 atom stereocenters. The van der Waals surface area contributed by atoms with Crippen LogP contribution in [0.2, 0.25) is 0 Å². The van der Waals surface area contributed by atoms with Crippen LogP contribution in [-0.4, -0.2) is 55.8 Å². The van der Waals surface area contributed by atoms with Crippen molar-refractivity contribution in [3.63, 3.8) is 0 Å². The van der Waals surface area contributed by atoms with Crippen molar-refractivity contribution in [3.8, 4) is 0 Å². The Bertz CT molecular complexity index is 1140. The van der Waals surface area contributed by atoms with Crippen LogP contribution >= 0.6 is 0 Å². The molecule has 0 N–H and O–H groups in total. The molecule has 3 aromatic rings. The number of imidazole rings is 1. The number of rotatable bonds is 5. The molecule has 0 spiro atoms. The Morgan fingerprint density at radius 3 is 2.72 bits per heavy atom. The molecule has 0 aromatic carbocycles. The third-order valence-corrected chi connectivity index (χ3v) is 6.78. The lowest BCUT2D eigenvalue weighted by Gasteiger charge is -2.30. The molecule has 7 nitrogen and oxygen atoms in total. The molecular weight excluding hydrogens is 402 g/mol. The zero-order valence-corrected chi connectivity index (χ0v) is 19.0. The van der Waals surface area contributed by atoms with Gasteiger partial charge in [-0.2, -0.15) is 0 Å². The maximum atomic E-state index is 12.1. The third kappa shape index (κ3) is 3.81. The molecule has 0 bridgehead atoms. The summed E-state index contributed by atoms with van der Waals surface area (Å²) in [6, 6.07) is 6.01. The van der Waals surface area contributed by atoms with Gasteiger partial charge in [0.1, 0.15) is 11.5 Å². The van der Waals surface area contributed by atoms with E-state index in [1.807, 2.05) is 36.0 Å². The van der Waals surface area contributed by atoms with Crippen molar-refractivity contribution in [2.75, 3.05) is 26.2 Å². The van der Waals surface area contributed by atoms with E-state index in [1.54, 1.807) is 0 Å². The van der Waals surface area contributed by atoms with Crippen molar-refractivity contribution < 1.29 is 9.53 Å². The highest BCUT2D eigenvalue weighted by Crippen LogP contribution is 2.36. The van der Waals surface area contributed by atoms with Gasteiger partial charge in [-0.05, 0) is 38.0 Å². The van der Waals surface area contributed by atoms with Crippen LogP contribution in [0.1, 0.15) is 47.3 Å². The van der Waals surface area contributed by atoms with Crippen LogP contribution in [0.25, 0.3) is 5.57 Å². The average molecular weight is 434 g/mol. The van der Waals surface area contributed by atoms with Crippen LogP contribution < -0.4 is 0 Å². The van der Waals surface area contributed by atoms with E-state index in [-0.39, 0.29) is 5.97 Å². The predicted octanol–water partition coefficient (Wildman–Crippen LogP) is 3.35. The zero-order valence-electron chi connectivity index (χ0n) is 19.0. The third-order valence-electron chi connectivity index (χ3n) is 6.78. The molecule has 5 rings (SSSR count). The van der Waals surface area contributed by atoms with Crippen molar-refractivity contribution in [2.24, 2.45) is 7.05 Å². The zero-order chi connectivity index (χ0) is 22.1. The Kier molecular flexibility index (Phi) is 5.74. The number of aryl methyl sites for hydroxylation is 2. The molecule has 0 radical (unpaired) electrons.